The Morgan fingerprint density at radius 1 is 0.955 bits per heavy atom. The van der Waals surface area contributed by atoms with E-state index in [9.17, 15) is 9.59 Å². The Kier molecular flexibility index (Phi) is 5.03. The molecule has 112 valence electrons. The van der Waals surface area contributed by atoms with Crippen LogP contribution in [-0.4, -0.2) is 18.0 Å². The van der Waals surface area contributed by atoms with E-state index in [0.29, 0.717) is 5.69 Å². The average molecular weight is 295 g/mol. The monoisotopic (exact) mass is 295 g/mol. The molecule has 2 N–H and O–H groups in total. The number of benzene rings is 2. The van der Waals surface area contributed by atoms with Crippen LogP contribution in [0.2, 0.25) is 0 Å². The summed E-state index contributed by atoms with van der Waals surface area (Å²) in [5.41, 5.74) is 5.62. The largest absolute Gasteiger partial charge is 0.329 e. The van der Waals surface area contributed by atoms with E-state index in [1.54, 1.807) is 6.07 Å². The summed E-state index contributed by atoms with van der Waals surface area (Å²) >= 11 is 0. The molecule has 0 heterocycles. The third kappa shape index (κ3) is 4.02. The van der Waals surface area contributed by atoms with Gasteiger partial charge in [-0.15, -0.1) is 0 Å². The summed E-state index contributed by atoms with van der Waals surface area (Å²) < 4.78 is 0. The van der Waals surface area contributed by atoms with Crippen molar-refractivity contribution in [2.45, 2.75) is 13.8 Å². The molecule has 5 nitrogen and oxygen atoms in total. The Hall–Kier alpha value is -2.95. The Balaban J connectivity index is 1.94. The van der Waals surface area contributed by atoms with Crippen molar-refractivity contribution < 1.29 is 9.59 Å². The van der Waals surface area contributed by atoms with Crippen molar-refractivity contribution in [3.8, 4) is 0 Å². The van der Waals surface area contributed by atoms with E-state index in [0.717, 1.165) is 16.7 Å². The second kappa shape index (κ2) is 7.17. The zero-order valence-corrected chi connectivity index (χ0v) is 12.5. The fraction of sp³-hybridized carbons (Fsp3) is 0.118. The quantitative estimate of drug-likeness (QED) is 0.518. The Morgan fingerprint density at radius 3 is 2.41 bits per heavy atom. The van der Waals surface area contributed by atoms with Crippen molar-refractivity contribution in [3.05, 3.63) is 65.2 Å². The highest BCUT2D eigenvalue weighted by molar-refractivity contribution is 6.39. The minimum Gasteiger partial charge on any atom is -0.317 e. The molecule has 2 aromatic rings. The number of nitrogens with zero attached hydrogens (tertiary/aromatic N) is 1. The molecule has 2 aromatic carbocycles. The second-order valence-corrected chi connectivity index (χ2v) is 4.81. The van der Waals surface area contributed by atoms with Crippen LogP contribution in [-0.2, 0) is 9.59 Å². The van der Waals surface area contributed by atoms with Crippen LogP contribution in [0.4, 0.5) is 5.69 Å². The molecule has 0 radical (unpaired) electrons. The number of carbonyl (C=O) groups is 2. The van der Waals surface area contributed by atoms with Crippen LogP contribution in [0.15, 0.2) is 53.6 Å². The summed E-state index contributed by atoms with van der Waals surface area (Å²) in [6.45, 7) is 3.83. The molecule has 0 saturated carbocycles. The lowest BCUT2D eigenvalue weighted by atomic mass is 10.1. The predicted molar refractivity (Wildman–Crippen MR) is 86.7 cm³/mol. The summed E-state index contributed by atoms with van der Waals surface area (Å²) in [6, 6.07) is 14.8. The van der Waals surface area contributed by atoms with Crippen LogP contribution in [0.25, 0.3) is 0 Å². The van der Waals surface area contributed by atoms with Gasteiger partial charge in [-0.2, -0.15) is 5.10 Å². The smallest absolute Gasteiger partial charge is 0.317 e. The van der Waals surface area contributed by atoms with Gasteiger partial charge < -0.3 is 5.32 Å². The number of amides is 2. The molecule has 0 aliphatic heterocycles. The van der Waals surface area contributed by atoms with Crippen molar-refractivity contribution in [2.24, 2.45) is 5.10 Å². The summed E-state index contributed by atoms with van der Waals surface area (Å²) in [5, 5.41) is 6.33. The van der Waals surface area contributed by atoms with E-state index in [2.05, 4.69) is 15.8 Å². The first kappa shape index (κ1) is 15.4. The van der Waals surface area contributed by atoms with Crippen molar-refractivity contribution in [1.82, 2.24) is 5.43 Å². The molecular weight excluding hydrogens is 278 g/mol. The molecule has 2 amide bonds. The summed E-state index contributed by atoms with van der Waals surface area (Å²) in [7, 11) is 0. The number of rotatable bonds is 3. The zero-order chi connectivity index (χ0) is 15.9. The molecule has 0 unspecified atom stereocenters. The lowest BCUT2D eigenvalue weighted by Gasteiger charge is -2.09. The van der Waals surface area contributed by atoms with Crippen LogP contribution >= 0.6 is 0 Å². The number of aryl methyl sites for hydroxylation is 1. The number of nitrogens with one attached hydrogen (secondary N) is 2. The van der Waals surface area contributed by atoms with Gasteiger partial charge in [-0.25, -0.2) is 5.43 Å². The third-order valence-corrected chi connectivity index (χ3v) is 3.24. The van der Waals surface area contributed by atoms with Crippen LogP contribution in [0.5, 0.6) is 0 Å². The van der Waals surface area contributed by atoms with Crippen LogP contribution in [0.3, 0.4) is 0 Å². The normalized spacial score (nSPS) is 10.5. The maximum atomic E-state index is 11.8. The van der Waals surface area contributed by atoms with Gasteiger partial charge in [0.1, 0.15) is 0 Å². The molecule has 0 saturated heterocycles. The van der Waals surface area contributed by atoms with Crippen LogP contribution < -0.4 is 10.7 Å². The fourth-order valence-corrected chi connectivity index (χ4v) is 1.82. The molecule has 0 spiro atoms. The van der Waals surface area contributed by atoms with Crippen molar-refractivity contribution in [2.75, 3.05) is 5.32 Å². The van der Waals surface area contributed by atoms with Crippen molar-refractivity contribution in [3.63, 3.8) is 0 Å². The molecule has 0 aromatic heterocycles. The van der Waals surface area contributed by atoms with Gasteiger partial charge in [0, 0.05) is 5.69 Å². The maximum Gasteiger partial charge on any atom is 0.329 e. The first-order valence-corrected chi connectivity index (χ1v) is 6.83. The van der Waals surface area contributed by atoms with Gasteiger partial charge in [-0.3, -0.25) is 9.59 Å². The van der Waals surface area contributed by atoms with E-state index in [-0.39, 0.29) is 0 Å². The Bertz CT molecular complexity index is 709. The van der Waals surface area contributed by atoms with Gasteiger partial charge in [0.25, 0.3) is 0 Å². The number of hydrogen-bond acceptors (Lipinski definition) is 3. The van der Waals surface area contributed by atoms with Gasteiger partial charge >= 0.3 is 11.8 Å². The minimum absolute atomic E-state index is 0.618. The van der Waals surface area contributed by atoms with Gasteiger partial charge in [0.2, 0.25) is 0 Å². The fourth-order valence-electron chi connectivity index (χ4n) is 1.82. The lowest BCUT2D eigenvalue weighted by molar-refractivity contribution is -0.136. The number of hydrazone groups is 1. The predicted octanol–water partition coefficient (Wildman–Crippen LogP) is 2.39. The molecular formula is C17H17N3O2. The third-order valence-electron chi connectivity index (χ3n) is 3.24. The first-order chi connectivity index (χ1) is 10.6. The van der Waals surface area contributed by atoms with Crippen molar-refractivity contribution >= 4 is 23.7 Å². The topological polar surface area (TPSA) is 70.6 Å². The summed E-state index contributed by atoms with van der Waals surface area (Å²) in [4.78, 5) is 23.5. The van der Waals surface area contributed by atoms with E-state index in [1.807, 2.05) is 56.3 Å². The molecule has 2 rings (SSSR count). The lowest BCUT2D eigenvalue weighted by Crippen LogP contribution is -2.32. The summed E-state index contributed by atoms with van der Waals surface area (Å²) in [5.74, 6) is -1.56. The van der Waals surface area contributed by atoms with Gasteiger partial charge in [-0.1, -0.05) is 42.5 Å². The average Bonchev–Trinajstić information content (AvgIpc) is 2.52. The molecule has 0 atom stereocenters. The number of hydrogen-bond donors (Lipinski definition) is 2. The SMILES string of the molecule is Cc1cccc(NC(=O)C(=O)NN=Cc2ccccc2)c1C. The standard InChI is InChI=1S/C17H17N3O2/c1-12-7-6-10-15(13(12)2)19-16(21)17(22)20-18-11-14-8-4-3-5-9-14/h3-11H,1-2H3,(H,19,21)(H,20,22). The van der Waals surface area contributed by atoms with E-state index < -0.39 is 11.8 Å². The molecule has 0 fully saturated rings. The minimum atomic E-state index is -0.812. The van der Waals surface area contributed by atoms with Gasteiger partial charge in [0.15, 0.2) is 0 Å². The highest BCUT2D eigenvalue weighted by Gasteiger charge is 2.14. The Morgan fingerprint density at radius 2 is 1.68 bits per heavy atom. The van der Waals surface area contributed by atoms with Crippen LogP contribution in [0, 0.1) is 13.8 Å². The first-order valence-electron chi connectivity index (χ1n) is 6.83. The van der Waals surface area contributed by atoms with E-state index in [1.165, 1.54) is 6.21 Å². The maximum absolute atomic E-state index is 11.8. The van der Waals surface area contributed by atoms with Gasteiger partial charge in [-0.05, 0) is 36.6 Å². The highest BCUT2D eigenvalue weighted by Crippen LogP contribution is 2.17. The molecule has 0 aliphatic carbocycles. The second-order valence-electron chi connectivity index (χ2n) is 4.81. The van der Waals surface area contributed by atoms with Crippen molar-refractivity contribution in [1.29, 1.82) is 0 Å². The Labute approximate surface area is 129 Å². The molecule has 22 heavy (non-hydrogen) atoms. The highest BCUT2D eigenvalue weighted by atomic mass is 16.2. The van der Waals surface area contributed by atoms with Crippen LogP contribution in [0.1, 0.15) is 16.7 Å². The molecule has 5 heteroatoms. The van der Waals surface area contributed by atoms with E-state index >= 15 is 0 Å². The summed E-state index contributed by atoms with van der Waals surface area (Å²) in [6.07, 6.45) is 1.48. The molecule has 0 bridgehead atoms. The number of anilines is 1. The number of carbonyl (C=O) groups excluding carboxylic acids is 2. The van der Waals surface area contributed by atoms with E-state index in [4.69, 9.17) is 0 Å². The molecule has 0 aliphatic rings. The zero-order valence-electron chi connectivity index (χ0n) is 12.5. The van der Waals surface area contributed by atoms with Gasteiger partial charge in [0.05, 0.1) is 6.21 Å².